The Kier molecular flexibility index (Phi) is 2.95. The maximum Gasteiger partial charge on any atom is 0.212 e. The van der Waals surface area contributed by atoms with E-state index in [9.17, 15) is 0 Å². The van der Waals surface area contributed by atoms with Crippen molar-refractivity contribution in [2.75, 3.05) is 12.8 Å². The van der Waals surface area contributed by atoms with Crippen LogP contribution in [0.25, 0.3) is 0 Å². The average molecular weight is 216 g/mol. The number of hydrogen-bond donors (Lipinski definition) is 1. The van der Waals surface area contributed by atoms with Crippen molar-refractivity contribution >= 4 is 5.82 Å². The Morgan fingerprint density at radius 1 is 1.25 bits per heavy atom. The van der Waals surface area contributed by atoms with Crippen LogP contribution in [0.2, 0.25) is 0 Å². The lowest BCUT2D eigenvalue weighted by molar-refractivity contribution is 0.397. The zero-order valence-electron chi connectivity index (χ0n) is 8.92. The van der Waals surface area contributed by atoms with Gasteiger partial charge in [-0.05, 0) is 11.6 Å². The van der Waals surface area contributed by atoms with E-state index in [0.29, 0.717) is 23.9 Å². The van der Waals surface area contributed by atoms with E-state index in [0.717, 1.165) is 5.56 Å². The lowest BCUT2D eigenvalue weighted by atomic mass is 10.2. The number of nitrogen functional groups attached to an aromatic ring is 1. The molecule has 2 heterocycles. The molecule has 16 heavy (non-hydrogen) atoms. The molecule has 2 aromatic heterocycles. The van der Waals surface area contributed by atoms with Crippen LogP contribution in [0.15, 0.2) is 30.6 Å². The van der Waals surface area contributed by atoms with E-state index in [-0.39, 0.29) is 0 Å². The maximum atomic E-state index is 5.57. The standard InChI is InChI=1S/C11H12N4O/c1-16-11-3-2-8(7-14-11)6-10-13-5-4-9(12)15-10/h2-5,7H,6H2,1H3,(H2,12,13,15). The van der Waals surface area contributed by atoms with Crippen molar-refractivity contribution in [2.24, 2.45) is 0 Å². The van der Waals surface area contributed by atoms with Gasteiger partial charge in [0.05, 0.1) is 7.11 Å². The number of hydrogen-bond acceptors (Lipinski definition) is 5. The second-order valence-electron chi connectivity index (χ2n) is 3.28. The molecule has 0 aromatic carbocycles. The van der Waals surface area contributed by atoms with Gasteiger partial charge in [0.2, 0.25) is 5.88 Å². The van der Waals surface area contributed by atoms with Gasteiger partial charge in [0.1, 0.15) is 11.6 Å². The number of rotatable bonds is 3. The first-order valence-corrected chi connectivity index (χ1v) is 4.84. The molecule has 0 spiro atoms. The number of anilines is 1. The van der Waals surface area contributed by atoms with Gasteiger partial charge in [0, 0.05) is 24.9 Å². The molecule has 2 rings (SSSR count). The van der Waals surface area contributed by atoms with Gasteiger partial charge in [-0.3, -0.25) is 0 Å². The van der Waals surface area contributed by atoms with E-state index >= 15 is 0 Å². The minimum absolute atomic E-state index is 0.478. The van der Waals surface area contributed by atoms with Crippen LogP contribution in [0.1, 0.15) is 11.4 Å². The second-order valence-corrected chi connectivity index (χ2v) is 3.28. The third-order valence-electron chi connectivity index (χ3n) is 2.10. The van der Waals surface area contributed by atoms with Crippen molar-refractivity contribution in [3.8, 4) is 5.88 Å². The van der Waals surface area contributed by atoms with Crippen molar-refractivity contribution < 1.29 is 4.74 Å². The summed E-state index contributed by atoms with van der Waals surface area (Å²) in [6.45, 7) is 0. The highest BCUT2D eigenvalue weighted by atomic mass is 16.5. The fraction of sp³-hybridized carbons (Fsp3) is 0.182. The van der Waals surface area contributed by atoms with Gasteiger partial charge in [-0.2, -0.15) is 0 Å². The number of methoxy groups -OCH3 is 1. The molecule has 5 nitrogen and oxygen atoms in total. The quantitative estimate of drug-likeness (QED) is 0.830. The van der Waals surface area contributed by atoms with Gasteiger partial charge in [0.15, 0.2) is 0 Å². The van der Waals surface area contributed by atoms with Gasteiger partial charge in [0.25, 0.3) is 0 Å². The Morgan fingerprint density at radius 3 is 2.75 bits per heavy atom. The van der Waals surface area contributed by atoms with E-state index < -0.39 is 0 Å². The van der Waals surface area contributed by atoms with E-state index in [4.69, 9.17) is 10.5 Å². The summed E-state index contributed by atoms with van der Waals surface area (Å²) in [7, 11) is 1.59. The minimum atomic E-state index is 0.478. The predicted octanol–water partition coefficient (Wildman–Crippen LogP) is 1.05. The molecule has 0 bridgehead atoms. The van der Waals surface area contributed by atoms with Crippen LogP contribution in [-0.2, 0) is 6.42 Å². The first-order valence-electron chi connectivity index (χ1n) is 4.84. The fourth-order valence-corrected chi connectivity index (χ4v) is 1.32. The highest BCUT2D eigenvalue weighted by molar-refractivity contribution is 5.27. The largest absolute Gasteiger partial charge is 0.481 e. The van der Waals surface area contributed by atoms with Crippen molar-refractivity contribution in [1.29, 1.82) is 0 Å². The van der Waals surface area contributed by atoms with E-state index in [2.05, 4.69) is 15.0 Å². The summed E-state index contributed by atoms with van der Waals surface area (Å²) in [5, 5.41) is 0. The van der Waals surface area contributed by atoms with Crippen LogP contribution >= 0.6 is 0 Å². The van der Waals surface area contributed by atoms with Crippen molar-refractivity contribution in [2.45, 2.75) is 6.42 Å². The third-order valence-corrected chi connectivity index (χ3v) is 2.10. The van der Waals surface area contributed by atoms with Gasteiger partial charge in [-0.25, -0.2) is 15.0 Å². The average Bonchev–Trinajstić information content (AvgIpc) is 2.30. The normalized spacial score (nSPS) is 10.1. The Balaban J connectivity index is 2.14. The molecule has 0 atom stereocenters. The molecule has 0 fully saturated rings. The molecule has 82 valence electrons. The van der Waals surface area contributed by atoms with Crippen LogP contribution in [0.3, 0.4) is 0 Å². The third kappa shape index (κ3) is 2.44. The van der Waals surface area contributed by atoms with Gasteiger partial charge >= 0.3 is 0 Å². The van der Waals surface area contributed by atoms with Gasteiger partial charge in [-0.15, -0.1) is 0 Å². The van der Waals surface area contributed by atoms with Gasteiger partial charge in [-0.1, -0.05) is 6.07 Å². The van der Waals surface area contributed by atoms with Crippen molar-refractivity contribution in [3.63, 3.8) is 0 Å². The molecule has 0 radical (unpaired) electrons. The predicted molar refractivity (Wildman–Crippen MR) is 60.0 cm³/mol. The Morgan fingerprint density at radius 2 is 2.12 bits per heavy atom. The summed E-state index contributed by atoms with van der Waals surface area (Å²) in [6, 6.07) is 5.40. The highest BCUT2D eigenvalue weighted by Gasteiger charge is 2.00. The first kappa shape index (κ1) is 10.4. The van der Waals surface area contributed by atoms with E-state index in [1.54, 1.807) is 25.6 Å². The highest BCUT2D eigenvalue weighted by Crippen LogP contribution is 2.09. The fourth-order valence-electron chi connectivity index (χ4n) is 1.32. The lowest BCUT2D eigenvalue weighted by Crippen LogP contribution is -2.00. The summed E-state index contributed by atoms with van der Waals surface area (Å²) in [6.07, 6.45) is 4.00. The summed E-state index contributed by atoms with van der Waals surface area (Å²) >= 11 is 0. The minimum Gasteiger partial charge on any atom is -0.481 e. The molecule has 0 amide bonds. The topological polar surface area (TPSA) is 73.9 Å². The smallest absolute Gasteiger partial charge is 0.212 e. The number of nitrogens with zero attached hydrogens (tertiary/aromatic N) is 3. The molecule has 5 heteroatoms. The Labute approximate surface area is 93.3 Å². The molecule has 0 unspecified atom stereocenters. The second kappa shape index (κ2) is 4.57. The lowest BCUT2D eigenvalue weighted by Gasteiger charge is -2.02. The maximum absolute atomic E-state index is 5.57. The van der Waals surface area contributed by atoms with Crippen LogP contribution in [-0.4, -0.2) is 22.1 Å². The Hall–Kier alpha value is -2.17. The summed E-state index contributed by atoms with van der Waals surface area (Å²) < 4.78 is 4.98. The van der Waals surface area contributed by atoms with Crippen LogP contribution < -0.4 is 10.5 Å². The van der Waals surface area contributed by atoms with Crippen molar-refractivity contribution in [3.05, 3.63) is 42.0 Å². The van der Waals surface area contributed by atoms with Crippen LogP contribution in [0.5, 0.6) is 5.88 Å². The number of ether oxygens (including phenoxy) is 1. The number of nitrogens with two attached hydrogens (primary N) is 1. The summed E-state index contributed by atoms with van der Waals surface area (Å²) in [4.78, 5) is 12.4. The number of aromatic nitrogens is 3. The van der Waals surface area contributed by atoms with E-state index in [1.165, 1.54) is 0 Å². The van der Waals surface area contributed by atoms with Gasteiger partial charge < -0.3 is 10.5 Å². The molecule has 2 N–H and O–H groups in total. The monoisotopic (exact) mass is 216 g/mol. The SMILES string of the molecule is COc1ccc(Cc2nccc(N)n2)cn1. The zero-order chi connectivity index (χ0) is 11.4. The molecule has 0 aliphatic rings. The molecule has 0 saturated carbocycles. The van der Waals surface area contributed by atoms with Crippen LogP contribution in [0.4, 0.5) is 5.82 Å². The molecule has 0 aliphatic carbocycles. The molecule has 0 aliphatic heterocycles. The zero-order valence-corrected chi connectivity index (χ0v) is 8.92. The molecular weight excluding hydrogens is 204 g/mol. The van der Waals surface area contributed by atoms with Crippen molar-refractivity contribution in [1.82, 2.24) is 15.0 Å². The molecule has 0 saturated heterocycles. The first-order chi connectivity index (χ1) is 7.78. The number of pyridine rings is 1. The Bertz CT molecular complexity index is 470. The van der Waals surface area contributed by atoms with E-state index in [1.807, 2.05) is 12.1 Å². The summed E-state index contributed by atoms with van der Waals surface area (Å²) in [5.74, 6) is 1.76. The molecular formula is C11H12N4O. The van der Waals surface area contributed by atoms with Crippen LogP contribution in [0, 0.1) is 0 Å². The summed E-state index contributed by atoms with van der Waals surface area (Å²) in [5.41, 5.74) is 6.59. The molecule has 2 aromatic rings.